The predicted molar refractivity (Wildman–Crippen MR) is 43.7 cm³/mol. The number of aromatic nitrogens is 1. The minimum Gasteiger partial charge on any atom is -0.273 e. The molecule has 0 saturated heterocycles. The quantitative estimate of drug-likeness (QED) is 0.548. The first-order valence-corrected chi connectivity index (χ1v) is 3.67. The average molecular weight is 173 g/mol. The maximum absolute atomic E-state index is 8.91. The number of anilines is 1. The lowest BCUT2D eigenvalue weighted by atomic mass is 10.2. The van der Waals surface area contributed by atoms with Crippen LogP contribution in [0.15, 0.2) is 18.5 Å². The Labute approximate surface area is 70.3 Å². The van der Waals surface area contributed by atoms with Crippen LogP contribution in [0.5, 0.6) is 0 Å². The topological polar surface area (TPSA) is 36.4 Å². The Hall–Kier alpha value is -0.800. The second-order valence-electron chi connectivity index (χ2n) is 2.12. The molecule has 0 atom stereocenters. The normalized spacial score (nSPS) is 9.73. The zero-order chi connectivity index (χ0) is 8.27. The lowest BCUT2D eigenvalue weighted by Crippen LogP contribution is -2.04. The highest BCUT2D eigenvalue weighted by molar-refractivity contribution is 6.24. The Bertz CT molecular complexity index is 240. The highest BCUT2D eigenvalue weighted by Gasteiger charge is 2.03. The smallest absolute Gasteiger partial charge is 0.0887 e. The van der Waals surface area contributed by atoms with Crippen LogP contribution in [0.25, 0.3) is 0 Å². The zero-order valence-corrected chi connectivity index (χ0v) is 6.91. The second-order valence-corrected chi connectivity index (χ2v) is 2.44. The molecule has 1 N–H and O–H groups in total. The summed E-state index contributed by atoms with van der Waals surface area (Å²) in [5, 5.41) is 8.91. The summed E-state index contributed by atoms with van der Waals surface area (Å²) in [5.41, 5.74) is 1.51. The van der Waals surface area contributed by atoms with E-state index in [-0.39, 0.29) is 0 Å². The molecule has 0 unspecified atom stereocenters. The number of nitrogens with zero attached hydrogens (tertiary/aromatic N) is 2. The number of aryl methyl sites for hydroxylation is 1. The van der Waals surface area contributed by atoms with Crippen molar-refractivity contribution in [3.8, 4) is 0 Å². The molecule has 4 heteroatoms. The number of pyridine rings is 1. The van der Waals surface area contributed by atoms with Crippen molar-refractivity contribution in [2.45, 2.75) is 13.3 Å². The van der Waals surface area contributed by atoms with Crippen LogP contribution in [0, 0.1) is 0 Å². The Morgan fingerprint density at radius 3 is 2.91 bits per heavy atom. The van der Waals surface area contributed by atoms with Gasteiger partial charge in [-0.15, -0.1) is 0 Å². The van der Waals surface area contributed by atoms with Gasteiger partial charge in [-0.05, 0) is 18.1 Å². The van der Waals surface area contributed by atoms with Crippen molar-refractivity contribution in [3.63, 3.8) is 0 Å². The molecule has 0 bridgehead atoms. The highest BCUT2D eigenvalue weighted by atomic mass is 35.5. The third-order valence-electron chi connectivity index (χ3n) is 1.46. The van der Waals surface area contributed by atoms with Crippen molar-refractivity contribution in [1.29, 1.82) is 0 Å². The van der Waals surface area contributed by atoms with Gasteiger partial charge in [0.1, 0.15) is 0 Å². The van der Waals surface area contributed by atoms with Crippen molar-refractivity contribution < 1.29 is 5.21 Å². The summed E-state index contributed by atoms with van der Waals surface area (Å²) in [5.74, 6) is 0. The van der Waals surface area contributed by atoms with Gasteiger partial charge in [0.2, 0.25) is 0 Å². The van der Waals surface area contributed by atoms with E-state index in [0.29, 0.717) is 10.3 Å². The lowest BCUT2D eigenvalue weighted by Gasteiger charge is -2.09. The SMILES string of the molecule is CCc1cnccc1N(O)Cl. The summed E-state index contributed by atoms with van der Waals surface area (Å²) in [6, 6.07) is 1.66. The molecule has 0 radical (unpaired) electrons. The summed E-state index contributed by atoms with van der Waals surface area (Å²) < 4.78 is 0.584. The van der Waals surface area contributed by atoms with Crippen molar-refractivity contribution in [2.75, 3.05) is 4.58 Å². The molecule has 1 rings (SSSR count). The van der Waals surface area contributed by atoms with Gasteiger partial charge in [0.15, 0.2) is 0 Å². The molecule has 1 heterocycles. The van der Waals surface area contributed by atoms with E-state index < -0.39 is 0 Å². The molecule has 11 heavy (non-hydrogen) atoms. The number of hydrogen-bond donors (Lipinski definition) is 1. The van der Waals surface area contributed by atoms with E-state index in [1.165, 1.54) is 0 Å². The maximum atomic E-state index is 8.91. The van der Waals surface area contributed by atoms with Gasteiger partial charge in [-0.3, -0.25) is 10.2 Å². The molecule has 0 aliphatic rings. The molecule has 3 nitrogen and oxygen atoms in total. The van der Waals surface area contributed by atoms with Crippen LogP contribution < -0.4 is 4.58 Å². The van der Waals surface area contributed by atoms with Crippen molar-refractivity contribution in [2.24, 2.45) is 0 Å². The molecule has 0 saturated carbocycles. The Kier molecular flexibility index (Phi) is 2.68. The largest absolute Gasteiger partial charge is 0.273 e. The average Bonchev–Trinajstić information content (AvgIpc) is 2.04. The molecule has 1 aromatic rings. The van der Waals surface area contributed by atoms with Gasteiger partial charge < -0.3 is 0 Å². The summed E-state index contributed by atoms with van der Waals surface area (Å²) in [7, 11) is 0. The van der Waals surface area contributed by atoms with E-state index in [0.717, 1.165) is 12.0 Å². The van der Waals surface area contributed by atoms with Crippen LogP contribution in [-0.2, 0) is 6.42 Å². The fourth-order valence-electron chi connectivity index (χ4n) is 0.872. The van der Waals surface area contributed by atoms with Crippen molar-refractivity contribution in [3.05, 3.63) is 24.0 Å². The van der Waals surface area contributed by atoms with Gasteiger partial charge >= 0.3 is 0 Å². The lowest BCUT2D eigenvalue weighted by molar-refractivity contribution is 0.325. The molecular weight excluding hydrogens is 164 g/mol. The highest BCUT2D eigenvalue weighted by Crippen LogP contribution is 2.19. The van der Waals surface area contributed by atoms with Gasteiger partial charge in [-0.2, -0.15) is 4.58 Å². The molecule has 1 aromatic heterocycles. The minimum absolute atomic E-state index is 0.584. The standard InChI is InChI=1S/C7H9ClN2O/c1-2-6-5-9-4-3-7(6)10(8)11/h3-5,11H,2H2,1H3. The van der Waals surface area contributed by atoms with E-state index in [9.17, 15) is 0 Å². The van der Waals surface area contributed by atoms with Gasteiger partial charge in [0.25, 0.3) is 0 Å². The molecule has 0 spiro atoms. The minimum atomic E-state index is 0.584. The van der Waals surface area contributed by atoms with Crippen LogP contribution in [0.2, 0.25) is 0 Å². The van der Waals surface area contributed by atoms with Gasteiger partial charge in [-0.1, -0.05) is 6.92 Å². The van der Waals surface area contributed by atoms with E-state index >= 15 is 0 Å². The first kappa shape index (κ1) is 8.30. The van der Waals surface area contributed by atoms with E-state index in [4.69, 9.17) is 17.0 Å². The Balaban J connectivity index is 3.02. The number of halogens is 1. The zero-order valence-electron chi connectivity index (χ0n) is 6.16. The van der Waals surface area contributed by atoms with Gasteiger partial charge in [0.05, 0.1) is 5.69 Å². The third-order valence-corrected chi connectivity index (χ3v) is 1.64. The molecule has 0 amide bonds. The first-order valence-electron chi connectivity index (χ1n) is 3.33. The van der Waals surface area contributed by atoms with Crippen LogP contribution in [-0.4, -0.2) is 10.2 Å². The summed E-state index contributed by atoms with van der Waals surface area (Å²) in [4.78, 5) is 3.90. The third kappa shape index (κ3) is 1.82. The molecule has 0 aliphatic heterocycles. The fraction of sp³-hybridized carbons (Fsp3) is 0.286. The van der Waals surface area contributed by atoms with Crippen LogP contribution in [0.3, 0.4) is 0 Å². The van der Waals surface area contributed by atoms with Crippen molar-refractivity contribution in [1.82, 2.24) is 4.98 Å². The van der Waals surface area contributed by atoms with Gasteiger partial charge in [0, 0.05) is 24.2 Å². The number of hydrogen-bond acceptors (Lipinski definition) is 3. The summed E-state index contributed by atoms with van der Waals surface area (Å²) in [6.07, 6.45) is 4.06. The molecule has 60 valence electrons. The molecule has 0 aromatic carbocycles. The predicted octanol–water partition coefficient (Wildman–Crippen LogP) is 1.99. The van der Waals surface area contributed by atoms with Crippen LogP contribution in [0.4, 0.5) is 5.69 Å². The van der Waals surface area contributed by atoms with Crippen LogP contribution in [0.1, 0.15) is 12.5 Å². The monoisotopic (exact) mass is 172 g/mol. The second kappa shape index (κ2) is 3.55. The molecule has 0 fully saturated rings. The van der Waals surface area contributed by atoms with E-state index in [1.807, 2.05) is 6.92 Å². The van der Waals surface area contributed by atoms with E-state index in [2.05, 4.69) is 4.98 Å². The summed E-state index contributed by atoms with van der Waals surface area (Å²) >= 11 is 5.35. The number of rotatable bonds is 2. The van der Waals surface area contributed by atoms with Crippen molar-refractivity contribution >= 4 is 17.5 Å². The van der Waals surface area contributed by atoms with Gasteiger partial charge in [-0.25, -0.2) is 0 Å². The Morgan fingerprint density at radius 1 is 1.73 bits per heavy atom. The maximum Gasteiger partial charge on any atom is 0.0887 e. The Morgan fingerprint density at radius 2 is 2.45 bits per heavy atom. The fourth-order valence-corrected chi connectivity index (χ4v) is 1.04. The summed E-state index contributed by atoms with van der Waals surface area (Å²) in [6.45, 7) is 1.97. The first-order chi connectivity index (χ1) is 5.25. The molecule has 0 aliphatic carbocycles. The van der Waals surface area contributed by atoms with Crippen LogP contribution >= 0.6 is 11.8 Å². The molecular formula is C7H9ClN2O. The van der Waals surface area contributed by atoms with E-state index in [1.54, 1.807) is 18.5 Å².